The average molecular weight is 1050 g/mol. The molecule has 4 saturated carbocycles. The van der Waals surface area contributed by atoms with Crippen LogP contribution in [0.15, 0.2) is 40.1 Å². The van der Waals surface area contributed by atoms with Gasteiger partial charge in [0.15, 0.2) is 0 Å². The minimum Gasteiger partial charge on any atom is -0.347 e. The summed E-state index contributed by atoms with van der Waals surface area (Å²) in [5.41, 5.74) is 1.26. The van der Waals surface area contributed by atoms with Crippen molar-refractivity contribution in [3.05, 3.63) is 46.8 Å². The lowest BCUT2D eigenvalue weighted by atomic mass is 9.71. The maximum absolute atomic E-state index is 15.0. The third kappa shape index (κ3) is 12.1. The first kappa shape index (κ1) is 55.8. The predicted molar refractivity (Wildman–Crippen MR) is 282 cm³/mol. The molecule has 410 valence electrons. The van der Waals surface area contributed by atoms with E-state index in [0.717, 1.165) is 68.3 Å². The van der Waals surface area contributed by atoms with E-state index in [-0.39, 0.29) is 77.7 Å². The Hall–Kier alpha value is -6.40. The first-order valence-corrected chi connectivity index (χ1v) is 27.8. The number of allylic oxidation sites excluding steroid dienone is 1. The lowest BCUT2D eigenvalue weighted by Gasteiger charge is -2.38. The van der Waals surface area contributed by atoms with E-state index in [2.05, 4.69) is 50.2 Å². The number of ketones is 1. The number of fused-ring (bicyclic) bond motifs is 2. The van der Waals surface area contributed by atoms with Crippen molar-refractivity contribution in [2.24, 2.45) is 45.0 Å². The molecule has 3 aliphatic heterocycles. The summed E-state index contributed by atoms with van der Waals surface area (Å²) in [4.78, 5) is 147. The molecule has 4 aliphatic carbocycles. The summed E-state index contributed by atoms with van der Waals surface area (Å²) < 4.78 is 0. The predicted octanol–water partition coefficient (Wildman–Crippen LogP) is 4.97. The van der Waals surface area contributed by atoms with Crippen LogP contribution in [0.3, 0.4) is 0 Å². The van der Waals surface area contributed by atoms with Crippen LogP contribution < -0.4 is 26.6 Å². The molecule has 10 atom stereocenters. The molecule has 6 fully saturated rings. The van der Waals surface area contributed by atoms with Gasteiger partial charge in [0.25, 0.3) is 23.6 Å². The maximum atomic E-state index is 15.0. The van der Waals surface area contributed by atoms with Gasteiger partial charge in [-0.3, -0.25) is 68.1 Å². The van der Waals surface area contributed by atoms with Crippen LogP contribution in [0, 0.1) is 35.0 Å². The van der Waals surface area contributed by atoms with Gasteiger partial charge in [-0.1, -0.05) is 72.8 Å². The Kier molecular flexibility index (Phi) is 17.2. The van der Waals surface area contributed by atoms with Crippen molar-refractivity contribution in [1.82, 2.24) is 36.4 Å². The van der Waals surface area contributed by atoms with Gasteiger partial charge in [-0.15, -0.1) is 0 Å². The van der Waals surface area contributed by atoms with Crippen LogP contribution in [-0.4, -0.2) is 124 Å². The number of amides is 9. The van der Waals surface area contributed by atoms with Crippen LogP contribution in [0.1, 0.15) is 183 Å². The number of piperidine rings is 1. The van der Waals surface area contributed by atoms with Crippen molar-refractivity contribution in [1.29, 1.82) is 0 Å². The van der Waals surface area contributed by atoms with Crippen molar-refractivity contribution in [2.45, 2.75) is 193 Å². The van der Waals surface area contributed by atoms with E-state index in [4.69, 9.17) is 0 Å². The molecule has 0 spiro atoms. The zero-order valence-corrected chi connectivity index (χ0v) is 45.0. The summed E-state index contributed by atoms with van der Waals surface area (Å²) in [5.74, 6) is -5.70. The van der Waals surface area contributed by atoms with Crippen molar-refractivity contribution in [2.75, 3.05) is 6.54 Å². The first-order chi connectivity index (χ1) is 36.2. The Labute approximate surface area is 445 Å². The van der Waals surface area contributed by atoms with E-state index in [0.29, 0.717) is 44.3 Å². The molecule has 5 N–H and O–H groups in total. The molecular formula is C57H77N9O10. The highest BCUT2D eigenvalue weighted by atomic mass is 16.2. The number of carbonyl (C=O) groups is 10. The molecular weight excluding hydrogens is 971 g/mol. The lowest BCUT2D eigenvalue weighted by Crippen LogP contribution is -2.62. The van der Waals surface area contributed by atoms with E-state index >= 15 is 0 Å². The molecule has 2 saturated heterocycles. The maximum Gasteiger partial charge on any atom is 0.289 e. The number of hydrogen-bond donors (Lipinski definition) is 5. The summed E-state index contributed by atoms with van der Waals surface area (Å²) in [6, 6.07) is 0.211. The molecule has 0 bridgehead atoms. The highest BCUT2D eigenvalue weighted by Crippen LogP contribution is 2.45. The van der Waals surface area contributed by atoms with Crippen molar-refractivity contribution >= 4 is 71.4 Å². The number of benzene rings is 1. The fourth-order valence-corrected chi connectivity index (χ4v) is 12.9. The molecule has 76 heavy (non-hydrogen) atoms. The van der Waals surface area contributed by atoms with Crippen molar-refractivity contribution < 1.29 is 47.9 Å². The van der Waals surface area contributed by atoms with E-state index in [1.54, 1.807) is 30.2 Å². The minimum absolute atomic E-state index is 0.0223. The van der Waals surface area contributed by atoms with Gasteiger partial charge in [0.1, 0.15) is 29.9 Å². The standard InChI is InChI=1S/C57H77N9O10/c1-8-13-41(47(68)53(73)60-36-20-21-36)61-52(72)46-38-17-12-16-35(38)29-65(46)56(76)48(57(4,5)6)64-51(71)45(32-14-10-9-11-15-32)63-49(69)31(3)59-28-42(58-7)34-19-22-37(30(2)26-34)33-18-23-39-40(27-33)55(75)66(54(39)74)43-24-25-44(67)62-50(43)70/h18,23,27-28,30,32,34-38,41,43,45-46,48H,7-17,19-22,24-26,29H2,1-6H3,(H,60,73)(H,61,72)(H,63,69)(H,64,71)(H,62,67,70)/b42-28-,59-31+/t30?,34?,35-,37?,38-,41+,43?,45-,46-,48+/m0/s1. The highest BCUT2D eigenvalue weighted by molar-refractivity contribution is 6.39. The van der Waals surface area contributed by atoms with E-state index in [1.807, 2.05) is 33.8 Å². The van der Waals surface area contributed by atoms with Crippen molar-refractivity contribution in [3.63, 3.8) is 0 Å². The van der Waals surface area contributed by atoms with Gasteiger partial charge >= 0.3 is 0 Å². The number of aliphatic imine (C=N–C) groups is 2. The summed E-state index contributed by atoms with van der Waals surface area (Å²) in [5, 5.41) is 13.9. The van der Waals surface area contributed by atoms with Gasteiger partial charge in [0, 0.05) is 31.1 Å². The van der Waals surface area contributed by atoms with Crippen molar-refractivity contribution in [3.8, 4) is 0 Å². The van der Waals surface area contributed by atoms with Crippen LogP contribution in [0.4, 0.5) is 0 Å². The fraction of sp³-hybridized carbons (Fsp3) is 0.649. The van der Waals surface area contributed by atoms with Crippen LogP contribution in [0.25, 0.3) is 0 Å². The van der Waals surface area contributed by atoms with Crippen LogP contribution >= 0.6 is 0 Å². The second kappa shape index (κ2) is 23.5. The monoisotopic (exact) mass is 1050 g/mol. The fourth-order valence-electron chi connectivity index (χ4n) is 12.9. The second-order valence-electron chi connectivity index (χ2n) is 23.7. The molecule has 8 rings (SSSR count). The molecule has 1 aromatic carbocycles. The van der Waals surface area contributed by atoms with Crippen LogP contribution in [0.5, 0.6) is 0 Å². The van der Waals surface area contributed by atoms with E-state index in [9.17, 15) is 47.9 Å². The third-order valence-corrected chi connectivity index (χ3v) is 17.3. The van der Waals surface area contributed by atoms with E-state index < -0.39 is 94.6 Å². The van der Waals surface area contributed by atoms with Gasteiger partial charge in [0.05, 0.1) is 22.9 Å². The summed E-state index contributed by atoms with van der Waals surface area (Å²) >= 11 is 0. The SMILES string of the molecule is C=N/C(=C\N=C(/C)C(=O)N[C@H](C(=O)N[C@H](C(=O)N1C[C@@H]2CCC[C@@H]2[C@H]1C(=O)N[C@H](CCC)C(=O)C(=O)NC1CC1)C(C)(C)C)C1CCCCC1)C1CCC(c2ccc3c(c2)C(=O)N(C2CCC(=O)NC2=O)C3=O)C(C)C1. The normalized spacial score (nSPS) is 27.4. The third-order valence-electron chi connectivity index (χ3n) is 17.3. The molecule has 3 heterocycles. The molecule has 9 amide bonds. The first-order valence-electron chi connectivity index (χ1n) is 27.8. The largest absolute Gasteiger partial charge is 0.347 e. The topological polar surface area (TPSA) is 262 Å². The number of Topliss-reactive ketones (excluding diaryl/α,β-unsaturated/α-hetero) is 1. The second-order valence-corrected chi connectivity index (χ2v) is 23.7. The lowest BCUT2D eigenvalue weighted by molar-refractivity contribution is -0.146. The van der Waals surface area contributed by atoms with Gasteiger partial charge < -0.3 is 26.2 Å². The quantitative estimate of drug-likeness (QED) is 0.0749. The van der Waals surface area contributed by atoms with Gasteiger partial charge in [0.2, 0.25) is 35.3 Å². The Morgan fingerprint density at radius 1 is 0.855 bits per heavy atom. The molecule has 7 aliphatic rings. The van der Waals surface area contributed by atoms with Crippen LogP contribution in [-0.2, 0) is 38.4 Å². The van der Waals surface area contributed by atoms with Crippen LogP contribution in [0.2, 0.25) is 0 Å². The van der Waals surface area contributed by atoms with E-state index in [1.165, 1.54) is 0 Å². The Morgan fingerprint density at radius 3 is 2.24 bits per heavy atom. The summed E-state index contributed by atoms with van der Waals surface area (Å²) in [7, 11) is 0. The smallest absolute Gasteiger partial charge is 0.289 e. The number of nitrogens with zero attached hydrogens (tertiary/aromatic N) is 4. The van der Waals surface area contributed by atoms with Gasteiger partial charge in [-0.25, -0.2) is 0 Å². The molecule has 0 radical (unpaired) electrons. The molecule has 0 aromatic heterocycles. The molecule has 4 unspecified atom stereocenters. The molecule has 19 heteroatoms. The summed E-state index contributed by atoms with van der Waals surface area (Å²) in [6.07, 6.45) is 12.9. The highest BCUT2D eigenvalue weighted by Gasteiger charge is 2.53. The summed E-state index contributed by atoms with van der Waals surface area (Å²) in [6.45, 7) is 15.3. The zero-order chi connectivity index (χ0) is 54.7. The Balaban J connectivity index is 0.929. The van der Waals surface area contributed by atoms with Gasteiger partial charge in [-0.05, 0) is 137 Å². The Bertz CT molecular complexity index is 2590. The Morgan fingerprint density at radius 2 is 1.58 bits per heavy atom. The van der Waals surface area contributed by atoms with Gasteiger partial charge in [-0.2, -0.15) is 0 Å². The minimum atomic E-state index is -1.07. The average Bonchev–Trinajstić information content (AvgIpc) is 3.89. The zero-order valence-electron chi connectivity index (χ0n) is 45.0. The number of rotatable bonds is 18. The number of carbonyl (C=O) groups excluding carboxylic acids is 10. The number of likely N-dealkylation sites (tertiary alicyclic amines) is 1. The number of hydrogen-bond acceptors (Lipinski definition) is 12. The number of imide groups is 2. The molecule has 1 aromatic rings. The molecule has 19 nitrogen and oxygen atoms in total. The number of nitrogens with one attached hydrogen (secondary N) is 5.